The number of piperidine rings is 1. The van der Waals surface area contributed by atoms with Crippen LogP contribution in [-0.4, -0.2) is 49.2 Å². The number of methoxy groups -OCH3 is 1. The maximum atomic E-state index is 11.3. The van der Waals surface area contributed by atoms with Crippen molar-refractivity contribution in [1.82, 2.24) is 15.5 Å². The summed E-state index contributed by atoms with van der Waals surface area (Å²) in [6, 6.07) is 19.2. The van der Waals surface area contributed by atoms with E-state index in [1.54, 1.807) is 0 Å². The molecule has 0 radical (unpaired) electrons. The lowest BCUT2D eigenvalue weighted by Crippen LogP contribution is -2.51. The van der Waals surface area contributed by atoms with Gasteiger partial charge in [-0.05, 0) is 49.9 Å². The molecule has 0 saturated carbocycles. The minimum absolute atomic E-state index is 0. The zero-order valence-electron chi connectivity index (χ0n) is 19.7. The molecule has 3 rings (SSSR count). The van der Waals surface area contributed by atoms with Crippen LogP contribution in [0.25, 0.3) is 0 Å². The number of halogens is 1. The van der Waals surface area contributed by atoms with Gasteiger partial charge in [0.15, 0.2) is 5.96 Å². The summed E-state index contributed by atoms with van der Waals surface area (Å²) in [6.45, 7) is 7.85. The van der Waals surface area contributed by atoms with Crippen LogP contribution in [0.4, 0.5) is 10.5 Å². The lowest BCUT2D eigenvalue weighted by Gasteiger charge is -2.38. The first-order valence-corrected chi connectivity index (χ1v) is 11.3. The first kappa shape index (κ1) is 26.9. The van der Waals surface area contributed by atoms with Crippen LogP contribution in [0.5, 0.6) is 0 Å². The number of hydrogen-bond donors (Lipinski definition) is 3. The third kappa shape index (κ3) is 8.85. The summed E-state index contributed by atoms with van der Waals surface area (Å²) in [7, 11) is 1.35. The van der Waals surface area contributed by atoms with Crippen LogP contribution >= 0.6 is 24.0 Å². The largest absolute Gasteiger partial charge is 0.453 e. The summed E-state index contributed by atoms with van der Waals surface area (Å²) in [5.41, 5.74) is 3.14. The molecule has 1 aliphatic heterocycles. The SMILES string of the molecule is CCNC(=NCc1ccc(NC(=O)OC)cc1)NC1CCN(Cc2ccccc2)C(C)C1.I. The quantitative estimate of drug-likeness (QED) is 0.260. The second kappa shape index (κ2) is 14.0. The Morgan fingerprint density at radius 3 is 2.48 bits per heavy atom. The molecule has 0 aromatic heterocycles. The van der Waals surface area contributed by atoms with E-state index in [4.69, 9.17) is 4.99 Å². The number of nitrogens with one attached hydrogen (secondary N) is 3. The van der Waals surface area contributed by atoms with Gasteiger partial charge in [-0.3, -0.25) is 10.2 Å². The Morgan fingerprint density at radius 2 is 1.85 bits per heavy atom. The molecule has 8 heteroatoms. The fourth-order valence-corrected chi connectivity index (χ4v) is 3.95. The number of rotatable bonds is 7. The zero-order chi connectivity index (χ0) is 22.8. The van der Waals surface area contributed by atoms with Crippen LogP contribution in [0, 0.1) is 0 Å². The lowest BCUT2D eigenvalue weighted by atomic mass is 9.97. The number of amides is 1. The van der Waals surface area contributed by atoms with Gasteiger partial charge in [-0.1, -0.05) is 42.5 Å². The fraction of sp³-hybridized carbons (Fsp3) is 0.440. The monoisotopic (exact) mass is 565 g/mol. The van der Waals surface area contributed by atoms with Gasteiger partial charge in [-0.15, -0.1) is 24.0 Å². The maximum Gasteiger partial charge on any atom is 0.411 e. The van der Waals surface area contributed by atoms with Gasteiger partial charge in [0, 0.05) is 37.4 Å². The molecule has 0 spiro atoms. The van der Waals surface area contributed by atoms with Crippen LogP contribution in [0.1, 0.15) is 37.8 Å². The Morgan fingerprint density at radius 1 is 1.12 bits per heavy atom. The molecule has 2 unspecified atom stereocenters. The van der Waals surface area contributed by atoms with Gasteiger partial charge >= 0.3 is 6.09 Å². The van der Waals surface area contributed by atoms with Gasteiger partial charge in [0.1, 0.15) is 0 Å². The fourth-order valence-electron chi connectivity index (χ4n) is 3.95. The molecule has 1 fully saturated rings. The van der Waals surface area contributed by atoms with Crippen molar-refractivity contribution in [3.63, 3.8) is 0 Å². The maximum absolute atomic E-state index is 11.3. The average molecular weight is 566 g/mol. The Kier molecular flexibility index (Phi) is 11.5. The van der Waals surface area contributed by atoms with Crippen molar-refractivity contribution in [2.75, 3.05) is 25.5 Å². The highest BCUT2D eigenvalue weighted by Gasteiger charge is 2.25. The van der Waals surface area contributed by atoms with Crippen molar-refractivity contribution in [2.45, 2.75) is 51.9 Å². The number of nitrogens with zero attached hydrogens (tertiary/aromatic N) is 2. The van der Waals surface area contributed by atoms with Gasteiger partial charge in [0.05, 0.1) is 13.7 Å². The summed E-state index contributed by atoms with van der Waals surface area (Å²) in [5, 5.41) is 9.64. The molecular formula is C25H36IN5O2. The minimum atomic E-state index is -0.474. The molecule has 1 aliphatic rings. The molecule has 3 N–H and O–H groups in total. The third-order valence-corrected chi connectivity index (χ3v) is 5.73. The van der Waals surface area contributed by atoms with E-state index in [0.717, 1.165) is 44.0 Å². The van der Waals surface area contributed by atoms with Crippen molar-refractivity contribution in [3.05, 3.63) is 65.7 Å². The molecule has 7 nitrogen and oxygen atoms in total. The van der Waals surface area contributed by atoms with Crippen molar-refractivity contribution >= 4 is 41.7 Å². The van der Waals surface area contributed by atoms with Gasteiger partial charge in [0.25, 0.3) is 0 Å². The smallest absolute Gasteiger partial charge is 0.411 e. The molecular weight excluding hydrogens is 529 g/mol. The van der Waals surface area contributed by atoms with Crippen LogP contribution in [-0.2, 0) is 17.8 Å². The zero-order valence-corrected chi connectivity index (χ0v) is 22.0. The number of likely N-dealkylation sites (tertiary alicyclic amines) is 1. The average Bonchev–Trinajstić information content (AvgIpc) is 2.81. The highest BCUT2D eigenvalue weighted by atomic mass is 127. The van der Waals surface area contributed by atoms with Gasteiger partial charge in [-0.25, -0.2) is 9.79 Å². The highest BCUT2D eigenvalue weighted by molar-refractivity contribution is 14.0. The van der Waals surface area contributed by atoms with Gasteiger partial charge in [-0.2, -0.15) is 0 Å². The van der Waals surface area contributed by atoms with E-state index in [0.29, 0.717) is 24.3 Å². The van der Waals surface area contributed by atoms with Gasteiger partial charge < -0.3 is 15.4 Å². The number of carbonyl (C=O) groups is 1. The topological polar surface area (TPSA) is 78.0 Å². The number of anilines is 1. The van der Waals surface area contributed by atoms with Crippen molar-refractivity contribution < 1.29 is 9.53 Å². The van der Waals surface area contributed by atoms with E-state index < -0.39 is 6.09 Å². The molecule has 0 bridgehead atoms. The summed E-state index contributed by atoms with van der Waals surface area (Å²) in [4.78, 5) is 18.6. The number of aliphatic imine (C=N–C) groups is 1. The molecule has 1 amide bonds. The van der Waals surface area contributed by atoms with Crippen LogP contribution in [0.3, 0.4) is 0 Å². The predicted octanol–water partition coefficient (Wildman–Crippen LogP) is 4.59. The number of guanidine groups is 1. The van der Waals surface area contributed by atoms with Crippen molar-refractivity contribution in [2.24, 2.45) is 4.99 Å². The predicted molar refractivity (Wildman–Crippen MR) is 145 cm³/mol. The molecule has 2 atom stereocenters. The Hall–Kier alpha value is -2.33. The Bertz CT molecular complexity index is 876. The summed E-state index contributed by atoms with van der Waals surface area (Å²) in [6.07, 6.45) is 1.71. The first-order valence-electron chi connectivity index (χ1n) is 11.3. The molecule has 2 aromatic rings. The Balaban J connectivity index is 0.00000385. The number of hydrogen-bond acceptors (Lipinski definition) is 4. The summed E-state index contributed by atoms with van der Waals surface area (Å²) in [5.74, 6) is 0.845. The van der Waals surface area contributed by atoms with E-state index >= 15 is 0 Å². The molecule has 1 heterocycles. The van der Waals surface area contributed by atoms with E-state index in [9.17, 15) is 4.79 Å². The number of carbonyl (C=O) groups excluding carboxylic acids is 1. The van der Waals surface area contributed by atoms with Gasteiger partial charge in [0.2, 0.25) is 0 Å². The molecule has 33 heavy (non-hydrogen) atoms. The van der Waals surface area contributed by atoms with Crippen LogP contribution in [0.15, 0.2) is 59.6 Å². The molecule has 180 valence electrons. The first-order chi connectivity index (χ1) is 15.6. The van der Waals surface area contributed by atoms with Crippen LogP contribution in [0.2, 0.25) is 0 Å². The second-order valence-corrected chi connectivity index (χ2v) is 8.18. The summed E-state index contributed by atoms with van der Waals surface area (Å²) < 4.78 is 4.61. The molecule has 0 aliphatic carbocycles. The highest BCUT2D eigenvalue weighted by Crippen LogP contribution is 2.20. The molecule has 1 saturated heterocycles. The second-order valence-electron chi connectivity index (χ2n) is 8.18. The standard InChI is InChI=1S/C25H35N5O2.HI/c1-4-26-24(27-17-20-10-12-22(13-11-20)29-25(31)32-3)28-23-14-15-30(19(2)16-23)18-21-8-6-5-7-9-21;/h5-13,19,23H,4,14-18H2,1-3H3,(H,29,31)(H2,26,27,28);1H. The number of benzene rings is 2. The van der Waals surface area contributed by atoms with E-state index in [-0.39, 0.29) is 24.0 Å². The Labute approximate surface area is 214 Å². The van der Waals surface area contributed by atoms with E-state index in [1.807, 2.05) is 24.3 Å². The van der Waals surface area contributed by atoms with Crippen molar-refractivity contribution in [1.29, 1.82) is 0 Å². The summed E-state index contributed by atoms with van der Waals surface area (Å²) >= 11 is 0. The van der Waals surface area contributed by atoms with E-state index in [1.165, 1.54) is 12.7 Å². The third-order valence-electron chi connectivity index (χ3n) is 5.73. The minimum Gasteiger partial charge on any atom is -0.453 e. The lowest BCUT2D eigenvalue weighted by molar-refractivity contribution is 0.134. The normalized spacial score (nSPS) is 18.7. The van der Waals surface area contributed by atoms with E-state index in [2.05, 4.69) is 69.8 Å². The van der Waals surface area contributed by atoms with Crippen LogP contribution < -0.4 is 16.0 Å². The number of ether oxygens (including phenoxy) is 1. The molecule has 2 aromatic carbocycles. The van der Waals surface area contributed by atoms with Crippen molar-refractivity contribution in [3.8, 4) is 0 Å².